The standard InChI is InChI=1S/C16H14N6/c1-11-7-12(2)21-16(20-11)22-15-5-3-14(4-6-15)19-10-13(8-17)9-18/h3-7,10,19H,1-2H3,(H,20,21,22). The van der Waals surface area contributed by atoms with Gasteiger partial charge in [0.15, 0.2) is 0 Å². The van der Waals surface area contributed by atoms with E-state index in [-0.39, 0.29) is 5.57 Å². The predicted octanol–water partition coefficient (Wildman–Crippen LogP) is 3.18. The first-order valence-corrected chi connectivity index (χ1v) is 6.57. The third-order valence-electron chi connectivity index (χ3n) is 2.75. The molecule has 0 aliphatic heterocycles. The van der Waals surface area contributed by atoms with Crippen LogP contribution in [0.2, 0.25) is 0 Å². The molecule has 6 nitrogen and oxygen atoms in total. The van der Waals surface area contributed by atoms with Crippen molar-refractivity contribution in [1.82, 2.24) is 9.97 Å². The smallest absolute Gasteiger partial charge is 0.227 e. The van der Waals surface area contributed by atoms with Crippen molar-refractivity contribution < 1.29 is 0 Å². The monoisotopic (exact) mass is 290 g/mol. The fraction of sp³-hybridized carbons (Fsp3) is 0.125. The van der Waals surface area contributed by atoms with Gasteiger partial charge in [0.1, 0.15) is 17.7 Å². The maximum atomic E-state index is 8.65. The summed E-state index contributed by atoms with van der Waals surface area (Å²) in [6, 6.07) is 12.8. The molecule has 1 aromatic carbocycles. The lowest BCUT2D eigenvalue weighted by molar-refractivity contribution is 1.06. The summed E-state index contributed by atoms with van der Waals surface area (Å²) in [5.74, 6) is 0.550. The Bertz CT molecular complexity index is 742. The van der Waals surface area contributed by atoms with E-state index in [1.807, 2.05) is 44.2 Å². The highest BCUT2D eigenvalue weighted by atomic mass is 15.1. The van der Waals surface area contributed by atoms with Crippen LogP contribution in [0.1, 0.15) is 11.4 Å². The molecule has 0 bridgehead atoms. The molecule has 0 atom stereocenters. The van der Waals surface area contributed by atoms with Gasteiger partial charge in [0, 0.05) is 29.0 Å². The van der Waals surface area contributed by atoms with Crippen molar-refractivity contribution in [2.24, 2.45) is 0 Å². The maximum absolute atomic E-state index is 8.65. The van der Waals surface area contributed by atoms with Gasteiger partial charge in [0.05, 0.1) is 0 Å². The van der Waals surface area contributed by atoms with E-state index in [0.717, 1.165) is 22.8 Å². The van der Waals surface area contributed by atoms with Gasteiger partial charge in [-0.25, -0.2) is 9.97 Å². The highest BCUT2D eigenvalue weighted by Gasteiger charge is 2.00. The molecule has 108 valence electrons. The number of hydrogen-bond donors (Lipinski definition) is 2. The van der Waals surface area contributed by atoms with E-state index in [4.69, 9.17) is 10.5 Å². The van der Waals surface area contributed by atoms with Crippen LogP contribution in [0.5, 0.6) is 0 Å². The number of nitrogens with one attached hydrogen (secondary N) is 2. The third kappa shape index (κ3) is 4.06. The molecule has 6 heteroatoms. The van der Waals surface area contributed by atoms with Crippen molar-refractivity contribution >= 4 is 17.3 Å². The van der Waals surface area contributed by atoms with Crippen molar-refractivity contribution in [1.29, 1.82) is 10.5 Å². The van der Waals surface area contributed by atoms with E-state index in [9.17, 15) is 0 Å². The van der Waals surface area contributed by atoms with Gasteiger partial charge in [-0.3, -0.25) is 0 Å². The largest absolute Gasteiger partial charge is 0.360 e. The molecule has 0 radical (unpaired) electrons. The summed E-state index contributed by atoms with van der Waals surface area (Å²) in [6.07, 6.45) is 1.37. The van der Waals surface area contributed by atoms with Crippen LogP contribution in [0, 0.1) is 36.5 Å². The van der Waals surface area contributed by atoms with Crippen molar-refractivity contribution in [2.45, 2.75) is 13.8 Å². The number of aromatic nitrogens is 2. The number of aryl methyl sites for hydroxylation is 2. The molecule has 0 aliphatic rings. The number of rotatable bonds is 4. The van der Waals surface area contributed by atoms with E-state index < -0.39 is 0 Å². The van der Waals surface area contributed by atoms with E-state index in [2.05, 4.69) is 20.6 Å². The van der Waals surface area contributed by atoms with Crippen LogP contribution >= 0.6 is 0 Å². The molecule has 22 heavy (non-hydrogen) atoms. The molecule has 0 unspecified atom stereocenters. The first-order chi connectivity index (χ1) is 10.6. The fourth-order valence-corrected chi connectivity index (χ4v) is 1.81. The maximum Gasteiger partial charge on any atom is 0.227 e. The minimum absolute atomic E-state index is 0.0193. The van der Waals surface area contributed by atoms with E-state index in [1.165, 1.54) is 6.20 Å². The summed E-state index contributed by atoms with van der Waals surface area (Å²) in [5, 5.41) is 23.3. The number of nitriles is 2. The van der Waals surface area contributed by atoms with Gasteiger partial charge in [-0.15, -0.1) is 0 Å². The minimum atomic E-state index is 0.0193. The second kappa shape index (κ2) is 6.87. The molecular formula is C16H14N6. The Balaban J connectivity index is 2.08. The molecule has 2 N–H and O–H groups in total. The van der Waals surface area contributed by atoms with Crippen LogP contribution in [-0.2, 0) is 0 Å². The number of anilines is 3. The Morgan fingerprint density at radius 2 is 1.55 bits per heavy atom. The van der Waals surface area contributed by atoms with E-state index in [0.29, 0.717) is 5.95 Å². The normalized spacial score (nSPS) is 9.27. The summed E-state index contributed by atoms with van der Waals surface area (Å²) in [5.41, 5.74) is 3.44. The van der Waals surface area contributed by atoms with Gasteiger partial charge >= 0.3 is 0 Å². The van der Waals surface area contributed by atoms with Gasteiger partial charge in [-0.2, -0.15) is 10.5 Å². The lowest BCUT2D eigenvalue weighted by atomic mass is 10.2. The molecule has 0 spiro atoms. The molecule has 0 saturated heterocycles. The average Bonchev–Trinajstić information content (AvgIpc) is 2.49. The Labute approximate surface area is 128 Å². The number of hydrogen-bond acceptors (Lipinski definition) is 6. The molecule has 0 aliphatic carbocycles. The second-order valence-electron chi connectivity index (χ2n) is 4.60. The molecular weight excluding hydrogens is 276 g/mol. The molecule has 1 heterocycles. The van der Waals surface area contributed by atoms with Crippen LogP contribution in [0.3, 0.4) is 0 Å². The summed E-state index contributed by atoms with van der Waals surface area (Å²) >= 11 is 0. The van der Waals surface area contributed by atoms with Gasteiger partial charge in [0.25, 0.3) is 0 Å². The van der Waals surface area contributed by atoms with Crippen LogP contribution in [-0.4, -0.2) is 9.97 Å². The first-order valence-electron chi connectivity index (χ1n) is 6.57. The van der Waals surface area contributed by atoms with Crippen LogP contribution < -0.4 is 10.6 Å². The quantitative estimate of drug-likeness (QED) is 0.839. The zero-order valence-corrected chi connectivity index (χ0v) is 12.3. The summed E-state index contributed by atoms with van der Waals surface area (Å²) in [4.78, 5) is 8.63. The lowest BCUT2D eigenvalue weighted by Gasteiger charge is -2.07. The number of allylic oxidation sites excluding steroid dienone is 1. The van der Waals surface area contributed by atoms with Crippen molar-refractivity contribution in [2.75, 3.05) is 10.6 Å². The Morgan fingerprint density at radius 3 is 2.09 bits per heavy atom. The number of nitrogens with zero attached hydrogens (tertiary/aromatic N) is 4. The van der Waals surface area contributed by atoms with Gasteiger partial charge in [-0.1, -0.05) is 0 Å². The fourth-order valence-electron chi connectivity index (χ4n) is 1.81. The minimum Gasteiger partial charge on any atom is -0.360 e. The highest BCUT2D eigenvalue weighted by molar-refractivity contribution is 5.59. The van der Waals surface area contributed by atoms with Crippen LogP contribution in [0.4, 0.5) is 17.3 Å². The van der Waals surface area contributed by atoms with Crippen LogP contribution in [0.15, 0.2) is 42.1 Å². The zero-order valence-electron chi connectivity index (χ0n) is 12.3. The zero-order chi connectivity index (χ0) is 15.9. The predicted molar refractivity (Wildman–Crippen MR) is 84.2 cm³/mol. The Kier molecular flexibility index (Phi) is 4.69. The van der Waals surface area contributed by atoms with Gasteiger partial charge in [-0.05, 0) is 44.2 Å². The second-order valence-corrected chi connectivity index (χ2v) is 4.60. The highest BCUT2D eigenvalue weighted by Crippen LogP contribution is 2.17. The molecule has 2 rings (SSSR count). The van der Waals surface area contributed by atoms with Crippen molar-refractivity contribution in [3.63, 3.8) is 0 Å². The number of benzene rings is 1. The summed E-state index contributed by atoms with van der Waals surface area (Å²) in [6.45, 7) is 3.84. The molecule has 2 aromatic rings. The molecule has 0 saturated carbocycles. The SMILES string of the molecule is Cc1cc(C)nc(Nc2ccc(NC=C(C#N)C#N)cc2)n1. The summed E-state index contributed by atoms with van der Waals surface area (Å²) in [7, 11) is 0. The third-order valence-corrected chi connectivity index (χ3v) is 2.75. The van der Waals surface area contributed by atoms with E-state index >= 15 is 0 Å². The molecule has 0 fully saturated rings. The molecule has 1 aromatic heterocycles. The van der Waals surface area contributed by atoms with Crippen molar-refractivity contribution in [3.05, 3.63) is 53.5 Å². The van der Waals surface area contributed by atoms with E-state index in [1.54, 1.807) is 12.1 Å². The van der Waals surface area contributed by atoms with Crippen LogP contribution in [0.25, 0.3) is 0 Å². The first kappa shape index (κ1) is 15.0. The Hall–Kier alpha value is -3.38. The molecule has 0 amide bonds. The topological polar surface area (TPSA) is 97.4 Å². The Morgan fingerprint density at radius 1 is 1.00 bits per heavy atom. The average molecular weight is 290 g/mol. The van der Waals surface area contributed by atoms with Gasteiger partial charge < -0.3 is 10.6 Å². The summed E-state index contributed by atoms with van der Waals surface area (Å²) < 4.78 is 0. The van der Waals surface area contributed by atoms with Gasteiger partial charge in [0.2, 0.25) is 5.95 Å². The lowest BCUT2D eigenvalue weighted by Crippen LogP contribution is -2.00. The van der Waals surface area contributed by atoms with Crippen molar-refractivity contribution in [3.8, 4) is 12.1 Å².